The minimum Gasteiger partial charge on any atom is -0.0999 e. The molecule has 0 unspecified atom stereocenters. The smallest absolute Gasteiger partial charge is 0.0323 e. The Bertz CT molecular complexity index is 169. The maximum atomic E-state index is 4.22. The molecule has 0 bridgehead atoms. The highest BCUT2D eigenvalue weighted by atomic mass is 14.0. The average Bonchev–Trinajstić information content (AvgIpc) is 2.37. The van der Waals surface area contributed by atoms with Crippen LogP contribution in [0.25, 0.3) is 0 Å². The van der Waals surface area contributed by atoms with E-state index >= 15 is 0 Å². The molecule has 0 spiro atoms. The van der Waals surface area contributed by atoms with Crippen molar-refractivity contribution < 1.29 is 0 Å². The summed E-state index contributed by atoms with van der Waals surface area (Å²) < 4.78 is 0. The van der Waals surface area contributed by atoms with Gasteiger partial charge in [-0.3, -0.25) is 0 Å². The molecule has 18 heavy (non-hydrogen) atoms. The number of hydrogen-bond donors (Lipinski definition) is 0. The highest BCUT2D eigenvalue weighted by Gasteiger charge is 1.96. The molecule has 0 saturated heterocycles. The second-order valence-corrected chi connectivity index (χ2v) is 5.79. The van der Waals surface area contributed by atoms with E-state index in [2.05, 4.69) is 20.4 Å². The molecule has 0 radical (unpaired) electrons. The fourth-order valence-electron chi connectivity index (χ4n) is 2.44. The molecule has 108 valence electrons. The summed E-state index contributed by atoms with van der Waals surface area (Å²) >= 11 is 0. The number of hydrogen-bond acceptors (Lipinski definition) is 0. The zero-order valence-electron chi connectivity index (χ0n) is 13.1. The highest BCUT2D eigenvalue weighted by Crippen LogP contribution is 2.16. The molecule has 0 aliphatic carbocycles. The molecule has 0 saturated carbocycles. The van der Waals surface area contributed by atoms with Gasteiger partial charge < -0.3 is 0 Å². The Kier molecular flexibility index (Phi) is 14.6. The molecule has 0 heterocycles. The lowest BCUT2D eigenvalue weighted by molar-refractivity contribution is 0.579. The van der Waals surface area contributed by atoms with Gasteiger partial charge in [0.15, 0.2) is 0 Å². The van der Waals surface area contributed by atoms with Gasteiger partial charge in [0.05, 0.1) is 0 Å². The average molecular weight is 252 g/mol. The summed E-state index contributed by atoms with van der Waals surface area (Å²) in [6, 6.07) is 0. The van der Waals surface area contributed by atoms with Gasteiger partial charge in [-0.05, 0) is 25.7 Å². The predicted octanol–water partition coefficient (Wildman–Crippen LogP) is 7.04. The summed E-state index contributed by atoms with van der Waals surface area (Å²) in [6.07, 6.45) is 19.4. The summed E-state index contributed by atoms with van der Waals surface area (Å²) in [5.41, 5.74) is 1.50. The maximum Gasteiger partial charge on any atom is -0.0323 e. The van der Waals surface area contributed by atoms with Gasteiger partial charge in [0.25, 0.3) is 0 Å². The van der Waals surface area contributed by atoms with Gasteiger partial charge >= 0.3 is 0 Å². The lowest BCUT2D eigenvalue weighted by Crippen LogP contribution is -1.86. The first kappa shape index (κ1) is 17.7. The van der Waals surface area contributed by atoms with Crippen molar-refractivity contribution in [3.8, 4) is 0 Å². The molecule has 0 aromatic carbocycles. The van der Waals surface area contributed by atoms with Crippen molar-refractivity contribution in [3.63, 3.8) is 0 Å². The van der Waals surface area contributed by atoms with Crippen LogP contribution in [0.1, 0.15) is 104 Å². The van der Waals surface area contributed by atoms with E-state index in [0.29, 0.717) is 0 Å². The van der Waals surface area contributed by atoms with Crippen LogP contribution in [0.2, 0.25) is 0 Å². The molecular weight excluding hydrogens is 216 g/mol. The Morgan fingerprint density at radius 1 is 0.556 bits per heavy atom. The van der Waals surface area contributed by atoms with E-state index < -0.39 is 0 Å². The Morgan fingerprint density at radius 3 is 1.28 bits per heavy atom. The van der Waals surface area contributed by atoms with E-state index in [4.69, 9.17) is 0 Å². The fraction of sp³-hybridized carbons (Fsp3) is 0.889. The van der Waals surface area contributed by atoms with Gasteiger partial charge in [-0.25, -0.2) is 0 Å². The SMILES string of the molecule is C=C(CCCCCCC)CCCCCCCCC. The third kappa shape index (κ3) is 13.8. The van der Waals surface area contributed by atoms with E-state index in [-0.39, 0.29) is 0 Å². The maximum absolute atomic E-state index is 4.22. The molecule has 0 heteroatoms. The second-order valence-electron chi connectivity index (χ2n) is 5.79. The van der Waals surface area contributed by atoms with E-state index in [1.54, 1.807) is 0 Å². The van der Waals surface area contributed by atoms with Crippen LogP contribution in [0.5, 0.6) is 0 Å². The Labute approximate surface area is 116 Å². The lowest BCUT2D eigenvalue weighted by Gasteiger charge is -2.06. The van der Waals surface area contributed by atoms with Crippen molar-refractivity contribution in [3.05, 3.63) is 12.2 Å². The van der Waals surface area contributed by atoms with Gasteiger partial charge in [-0.2, -0.15) is 0 Å². The van der Waals surface area contributed by atoms with Gasteiger partial charge in [-0.15, -0.1) is 0 Å². The molecule has 0 fully saturated rings. The number of rotatable bonds is 14. The third-order valence-corrected chi connectivity index (χ3v) is 3.77. The lowest BCUT2D eigenvalue weighted by atomic mass is 10.0. The van der Waals surface area contributed by atoms with E-state index in [0.717, 1.165) is 0 Å². The van der Waals surface area contributed by atoms with Gasteiger partial charge in [-0.1, -0.05) is 90.2 Å². The standard InChI is InChI=1S/C18H36/c1-4-6-8-10-11-13-15-17-18(3)16-14-12-9-7-5-2/h3-17H2,1-2H3. The van der Waals surface area contributed by atoms with Crippen LogP contribution in [-0.2, 0) is 0 Å². The predicted molar refractivity (Wildman–Crippen MR) is 85.1 cm³/mol. The Morgan fingerprint density at radius 2 is 0.889 bits per heavy atom. The first-order chi connectivity index (χ1) is 8.81. The van der Waals surface area contributed by atoms with Gasteiger partial charge in [0, 0.05) is 0 Å². The molecule has 0 aromatic rings. The first-order valence-corrected chi connectivity index (χ1v) is 8.47. The summed E-state index contributed by atoms with van der Waals surface area (Å²) in [6.45, 7) is 8.78. The molecule has 0 atom stereocenters. The monoisotopic (exact) mass is 252 g/mol. The highest BCUT2D eigenvalue weighted by molar-refractivity contribution is 4.93. The Hall–Kier alpha value is -0.260. The van der Waals surface area contributed by atoms with Gasteiger partial charge in [0.2, 0.25) is 0 Å². The largest absolute Gasteiger partial charge is 0.0999 e. The number of allylic oxidation sites excluding steroid dienone is 1. The van der Waals surface area contributed by atoms with Crippen LogP contribution < -0.4 is 0 Å². The minimum absolute atomic E-state index is 1.28. The summed E-state index contributed by atoms with van der Waals surface area (Å²) in [5.74, 6) is 0. The van der Waals surface area contributed by atoms with Crippen LogP contribution >= 0.6 is 0 Å². The molecule has 0 rings (SSSR count). The summed E-state index contributed by atoms with van der Waals surface area (Å²) in [5, 5.41) is 0. The molecule has 0 aliphatic heterocycles. The van der Waals surface area contributed by atoms with Crippen LogP contribution in [0.15, 0.2) is 12.2 Å². The number of unbranched alkanes of at least 4 members (excludes halogenated alkanes) is 10. The zero-order chi connectivity index (χ0) is 13.5. The molecular formula is C18H36. The minimum atomic E-state index is 1.28. The van der Waals surface area contributed by atoms with Crippen molar-refractivity contribution in [1.82, 2.24) is 0 Å². The molecule has 0 nitrogen and oxygen atoms in total. The van der Waals surface area contributed by atoms with E-state index in [1.807, 2.05) is 0 Å². The second kappa shape index (κ2) is 14.8. The molecule has 0 N–H and O–H groups in total. The molecule has 0 aliphatic rings. The molecule has 0 amide bonds. The van der Waals surface area contributed by atoms with Crippen LogP contribution in [-0.4, -0.2) is 0 Å². The Balaban J connectivity index is 3.12. The third-order valence-electron chi connectivity index (χ3n) is 3.77. The van der Waals surface area contributed by atoms with Crippen LogP contribution in [0.4, 0.5) is 0 Å². The first-order valence-electron chi connectivity index (χ1n) is 8.47. The topological polar surface area (TPSA) is 0 Å². The summed E-state index contributed by atoms with van der Waals surface area (Å²) in [7, 11) is 0. The van der Waals surface area contributed by atoms with Crippen molar-refractivity contribution >= 4 is 0 Å². The molecule has 0 aromatic heterocycles. The van der Waals surface area contributed by atoms with Crippen molar-refractivity contribution in [2.24, 2.45) is 0 Å². The van der Waals surface area contributed by atoms with Crippen molar-refractivity contribution in [1.29, 1.82) is 0 Å². The summed E-state index contributed by atoms with van der Waals surface area (Å²) in [4.78, 5) is 0. The fourth-order valence-corrected chi connectivity index (χ4v) is 2.44. The van der Waals surface area contributed by atoms with E-state index in [9.17, 15) is 0 Å². The van der Waals surface area contributed by atoms with Crippen molar-refractivity contribution in [2.75, 3.05) is 0 Å². The van der Waals surface area contributed by atoms with E-state index in [1.165, 1.54) is 95.5 Å². The van der Waals surface area contributed by atoms with Crippen LogP contribution in [0.3, 0.4) is 0 Å². The normalized spacial score (nSPS) is 10.8. The van der Waals surface area contributed by atoms with Crippen molar-refractivity contribution in [2.45, 2.75) is 104 Å². The quantitative estimate of drug-likeness (QED) is 0.230. The van der Waals surface area contributed by atoms with Gasteiger partial charge in [0.1, 0.15) is 0 Å². The van der Waals surface area contributed by atoms with Crippen LogP contribution in [0, 0.1) is 0 Å². The zero-order valence-corrected chi connectivity index (χ0v) is 13.1.